The molecule has 3 fully saturated rings. The summed E-state index contributed by atoms with van der Waals surface area (Å²) in [5, 5.41) is 9.49. The monoisotopic (exact) mass is 591 g/mol. The quantitative estimate of drug-likeness (QED) is 0.326. The van der Waals surface area contributed by atoms with Gasteiger partial charge in [-0.1, -0.05) is 48.2 Å². The van der Waals surface area contributed by atoms with Crippen LogP contribution < -0.4 is 20.7 Å². The molecule has 3 aliphatic heterocycles. The van der Waals surface area contributed by atoms with Crippen LogP contribution in [0.15, 0.2) is 48.5 Å². The number of hydrogen-bond acceptors (Lipinski definition) is 6. The van der Waals surface area contributed by atoms with Crippen molar-refractivity contribution < 1.29 is 14.3 Å². The maximum Gasteiger partial charge on any atom is 0.220 e. The van der Waals surface area contributed by atoms with Crippen LogP contribution in [0.1, 0.15) is 47.9 Å². The zero-order valence-corrected chi connectivity index (χ0v) is 25.8. The van der Waals surface area contributed by atoms with Crippen LogP contribution in [-0.4, -0.2) is 67.1 Å². The van der Waals surface area contributed by atoms with Crippen LogP contribution >= 0.6 is 0 Å². The van der Waals surface area contributed by atoms with Crippen molar-refractivity contribution in [1.82, 2.24) is 25.8 Å². The van der Waals surface area contributed by atoms with E-state index >= 15 is 0 Å². The van der Waals surface area contributed by atoms with Crippen LogP contribution in [0, 0.1) is 31.6 Å². The molecule has 0 radical (unpaired) electrons. The second-order valence-corrected chi connectivity index (χ2v) is 12.2. The third-order valence-electron chi connectivity index (χ3n) is 9.09. The molecule has 3 saturated heterocycles. The fourth-order valence-corrected chi connectivity index (χ4v) is 6.53. The van der Waals surface area contributed by atoms with Crippen molar-refractivity contribution in [3.63, 3.8) is 0 Å². The van der Waals surface area contributed by atoms with E-state index in [1.807, 2.05) is 0 Å². The fraction of sp³-hybridized carbons (Fsp3) is 0.417. The number of nitrogens with zero attached hydrogens (tertiary/aromatic N) is 2. The smallest absolute Gasteiger partial charge is 0.220 e. The minimum Gasteiger partial charge on any atom is -0.481 e. The van der Waals surface area contributed by atoms with Gasteiger partial charge in [0.05, 0.1) is 12.8 Å². The molecule has 0 saturated carbocycles. The van der Waals surface area contributed by atoms with Gasteiger partial charge in [0.25, 0.3) is 0 Å². The molecule has 4 heterocycles. The average molecular weight is 592 g/mol. The molecule has 228 valence electrons. The molecule has 2 atom stereocenters. The Balaban J connectivity index is 1.14. The van der Waals surface area contributed by atoms with Gasteiger partial charge < -0.3 is 20.7 Å². The van der Waals surface area contributed by atoms with Crippen molar-refractivity contribution in [3.05, 3.63) is 70.8 Å². The molecule has 3 N–H and O–H groups in total. The van der Waals surface area contributed by atoms with Gasteiger partial charge in [0.1, 0.15) is 0 Å². The molecule has 0 spiro atoms. The summed E-state index contributed by atoms with van der Waals surface area (Å²) < 4.78 is 5.68. The standard InChI is InChI=1S/C36H41N5O3/c1-23-26(11-10-25-20-41(21-25)22-29-14-17-35(43)39-29)6-4-7-30(23)31-8-5-9-32(24(31)2)33-15-12-27(36(40-33)44-3)18-37-19-28-13-16-34(42)38-28/h4-9,12,15,25,28-29,37H,13-14,16-22H2,1-3H3,(H,38,42)(H,39,43)/t28-,29-/m0/s1. The lowest BCUT2D eigenvalue weighted by molar-refractivity contribution is -0.120. The van der Waals surface area contributed by atoms with Gasteiger partial charge in [0, 0.05) is 80.3 Å². The maximum absolute atomic E-state index is 11.5. The molecule has 2 aromatic carbocycles. The highest BCUT2D eigenvalue weighted by Crippen LogP contribution is 2.34. The fourth-order valence-electron chi connectivity index (χ4n) is 6.53. The number of likely N-dealkylation sites (tertiary alicyclic amines) is 1. The highest BCUT2D eigenvalue weighted by atomic mass is 16.5. The Hall–Kier alpha value is -4.19. The number of nitrogens with one attached hydrogen (secondary N) is 3. The van der Waals surface area contributed by atoms with Crippen LogP contribution in [0.4, 0.5) is 0 Å². The summed E-state index contributed by atoms with van der Waals surface area (Å²) in [7, 11) is 1.65. The Morgan fingerprint density at radius 2 is 1.59 bits per heavy atom. The predicted octanol–water partition coefficient (Wildman–Crippen LogP) is 3.97. The zero-order chi connectivity index (χ0) is 30.6. The largest absolute Gasteiger partial charge is 0.481 e. The van der Waals surface area contributed by atoms with Crippen molar-refractivity contribution in [2.24, 2.45) is 5.92 Å². The number of hydrogen-bond donors (Lipinski definition) is 3. The predicted molar refractivity (Wildman–Crippen MR) is 172 cm³/mol. The molecule has 0 unspecified atom stereocenters. The number of carbonyl (C=O) groups is 2. The third-order valence-corrected chi connectivity index (χ3v) is 9.09. The molecular weight excluding hydrogens is 550 g/mol. The van der Waals surface area contributed by atoms with Gasteiger partial charge in [-0.3, -0.25) is 14.5 Å². The lowest BCUT2D eigenvalue weighted by Crippen LogP contribution is -2.50. The van der Waals surface area contributed by atoms with Gasteiger partial charge in [0.2, 0.25) is 17.7 Å². The van der Waals surface area contributed by atoms with Gasteiger partial charge in [-0.05, 0) is 61.1 Å². The lowest BCUT2D eigenvalue weighted by atomic mass is 9.90. The lowest BCUT2D eigenvalue weighted by Gasteiger charge is -2.37. The highest BCUT2D eigenvalue weighted by Gasteiger charge is 2.30. The van der Waals surface area contributed by atoms with Gasteiger partial charge in [0.15, 0.2) is 0 Å². The van der Waals surface area contributed by atoms with E-state index in [0.29, 0.717) is 37.2 Å². The Labute approximate surface area is 260 Å². The van der Waals surface area contributed by atoms with E-state index in [1.165, 1.54) is 16.7 Å². The summed E-state index contributed by atoms with van der Waals surface area (Å²) in [5.74, 6) is 8.23. The van der Waals surface area contributed by atoms with E-state index < -0.39 is 0 Å². The van der Waals surface area contributed by atoms with Crippen LogP contribution in [0.5, 0.6) is 5.88 Å². The summed E-state index contributed by atoms with van der Waals surface area (Å²) in [4.78, 5) is 30.2. The maximum atomic E-state index is 11.5. The summed E-state index contributed by atoms with van der Waals surface area (Å²) in [6.07, 6.45) is 3.06. The highest BCUT2D eigenvalue weighted by molar-refractivity contribution is 5.80. The summed E-state index contributed by atoms with van der Waals surface area (Å²) >= 11 is 0. The summed E-state index contributed by atoms with van der Waals surface area (Å²) in [6.45, 7) is 8.49. The van der Waals surface area contributed by atoms with E-state index in [-0.39, 0.29) is 17.9 Å². The molecule has 3 aromatic rings. The van der Waals surface area contributed by atoms with Crippen LogP contribution in [-0.2, 0) is 16.1 Å². The molecule has 8 heteroatoms. The SMILES string of the molecule is COc1nc(-c2cccc(-c3cccc(C#CC4CN(C[C@@H]5CCC(=O)N5)C4)c3C)c2C)ccc1CNC[C@@H]1CCC(=O)N1. The molecule has 2 amide bonds. The van der Waals surface area contributed by atoms with E-state index in [0.717, 1.165) is 67.0 Å². The minimum atomic E-state index is 0.127. The average Bonchev–Trinajstić information content (AvgIpc) is 3.62. The summed E-state index contributed by atoms with van der Waals surface area (Å²) in [6, 6.07) is 17.3. The van der Waals surface area contributed by atoms with Gasteiger partial charge >= 0.3 is 0 Å². The van der Waals surface area contributed by atoms with Crippen molar-refractivity contribution in [2.75, 3.05) is 33.3 Å². The summed E-state index contributed by atoms with van der Waals surface area (Å²) in [5.41, 5.74) is 8.66. The normalized spacial score (nSPS) is 20.1. The van der Waals surface area contributed by atoms with E-state index in [1.54, 1.807) is 7.11 Å². The number of methoxy groups -OCH3 is 1. The topological polar surface area (TPSA) is 95.6 Å². The molecule has 1 aromatic heterocycles. The molecular formula is C36H41N5O3. The second kappa shape index (κ2) is 13.2. The minimum absolute atomic E-state index is 0.127. The number of carbonyl (C=O) groups excluding carboxylic acids is 2. The number of ether oxygens (including phenoxy) is 1. The van der Waals surface area contributed by atoms with Gasteiger partial charge in [-0.25, -0.2) is 4.98 Å². The Morgan fingerprint density at radius 1 is 0.909 bits per heavy atom. The van der Waals surface area contributed by atoms with Crippen LogP contribution in [0.3, 0.4) is 0 Å². The van der Waals surface area contributed by atoms with E-state index in [4.69, 9.17) is 9.72 Å². The molecule has 44 heavy (non-hydrogen) atoms. The number of rotatable bonds is 9. The molecule has 8 nitrogen and oxygen atoms in total. The number of amides is 2. The first-order chi connectivity index (χ1) is 21.4. The Bertz CT molecular complexity index is 1620. The Kier molecular flexibility index (Phi) is 8.96. The zero-order valence-electron chi connectivity index (χ0n) is 25.8. The van der Waals surface area contributed by atoms with Crippen molar-refractivity contribution >= 4 is 11.8 Å². The van der Waals surface area contributed by atoms with Crippen molar-refractivity contribution in [1.29, 1.82) is 0 Å². The van der Waals surface area contributed by atoms with Gasteiger partial charge in [-0.15, -0.1) is 0 Å². The first-order valence-corrected chi connectivity index (χ1v) is 15.6. The van der Waals surface area contributed by atoms with E-state index in [2.05, 4.69) is 95.1 Å². The molecule has 3 aliphatic rings. The van der Waals surface area contributed by atoms with Crippen LogP contribution in [0.2, 0.25) is 0 Å². The van der Waals surface area contributed by atoms with Crippen LogP contribution in [0.25, 0.3) is 22.4 Å². The number of pyridine rings is 1. The van der Waals surface area contributed by atoms with E-state index in [9.17, 15) is 9.59 Å². The van der Waals surface area contributed by atoms with Crippen molar-refractivity contribution in [2.45, 2.75) is 58.2 Å². The number of benzene rings is 2. The first-order valence-electron chi connectivity index (χ1n) is 15.6. The third kappa shape index (κ3) is 6.64. The second-order valence-electron chi connectivity index (χ2n) is 12.2. The molecule has 6 rings (SSSR count). The Morgan fingerprint density at radius 3 is 2.30 bits per heavy atom. The molecule has 0 bridgehead atoms. The number of aromatic nitrogens is 1. The van der Waals surface area contributed by atoms with Gasteiger partial charge in [-0.2, -0.15) is 0 Å². The first kappa shape index (κ1) is 29.9. The molecule has 0 aliphatic carbocycles. The van der Waals surface area contributed by atoms with Crippen molar-refractivity contribution in [3.8, 4) is 40.1 Å².